The SMILES string of the molecule is Cc1cc2c(cc1C(C)C)C(=O)C(O)=C1C(C)(C)CCC[C@@]12C. The van der Waals surface area contributed by atoms with Crippen LogP contribution in [-0.2, 0) is 5.41 Å². The molecule has 1 atom stereocenters. The quantitative estimate of drug-likeness (QED) is 0.733. The largest absolute Gasteiger partial charge is 0.504 e. The van der Waals surface area contributed by atoms with Crippen LogP contribution in [0.15, 0.2) is 23.5 Å². The summed E-state index contributed by atoms with van der Waals surface area (Å²) in [7, 11) is 0. The third-order valence-electron chi connectivity index (χ3n) is 6.03. The molecule has 2 heteroatoms. The zero-order valence-electron chi connectivity index (χ0n) is 15.2. The van der Waals surface area contributed by atoms with Crippen LogP contribution >= 0.6 is 0 Å². The third kappa shape index (κ3) is 2.18. The molecule has 3 rings (SSSR count). The standard InChI is InChI=1S/C21H28O2/c1-12(2)14-11-15-16(10-13(14)3)21(6)9-7-8-20(4,5)19(21)18(23)17(15)22/h10-12,23H,7-9H2,1-6H3/t21-/m1/s1. The maximum atomic E-state index is 12.9. The van der Waals surface area contributed by atoms with Gasteiger partial charge in [-0.15, -0.1) is 0 Å². The maximum absolute atomic E-state index is 12.9. The maximum Gasteiger partial charge on any atom is 0.227 e. The van der Waals surface area contributed by atoms with E-state index in [2.05, 4.69) is 47.6 Å². The predicted octanol–water partition coefficient (Wildman–Crippen LogP) is 5.59. The van der Waals surface area contributed by atoms with Gasteiger partial charge < -0.3 is 5.11 Å². The van der Waals surface area contributed by atoms with Gasteiger partial charge in [-0.3, -0.25) is 4.79 Å². The Morgan fingerprint density at radius 2 is 1.78 bits per heavy atom. The van der Waals surface area contributed by atoms with Gasteiger partial charge in [-0.05, 0) is 59.4 Å². The highest BCUT2D eigenvalue weighted by atomic mass is 16.3. The number of aliphatic hydroxyl groups excluding tert-OH is 1. The fourth-order valence-electron chi connectivity index (χ4n) is 4.96. The van der Waals surface area contributed by atoms with Gasteiger partial charge in [0.1, 0.15) is 0 Å². The fraction of sp³-hybridized carbons (Fsp3) is 0.571. The Labute approximate surface area is 139 Å². The van der Waals surface area contributed by atoms with Crippen molar-refractivity contribution in [1.82, 2.24) is 0 Å². The zero-order chi connectivity index (χ0) is 17.2. The van der Waals surface area contributed by atoms with Crippen LogP contribution in [0.4, 0.5) is 0 Å². The number of benzene rings is 1. The number of hydrogen-bond acceptors (Lipinski definition) is 2. The molecule has 0 spiro atoms. The van der Waals surface area contributed by atoms with E-state index in [9.17, 15) is 9.90 Å². The second-order valence-corrected chi connectivity index (χ2v) is 8.53. The highest BCUT2D eigenvalue weighted by Gasteiger charge is 2.50. The summed E-state index contributed by atoms with van der Waals surface area (Å²) in [4.78, 5) is 12.9. The molecule has 0 radical (unpaired) electrons. The number of fused-ring (bicyclic) bond motifs is 3. The number of carbonyl (C=O) groups excluding carboxylic acids is 1. The molecule has 1 N–H and O–H groups in total. The van der Waals surface area contributed by atoms with Gasteiger partial charge in [0.15, 0.2) is 5.76 Å². The normalized spacial score (nSPS) is 26.3. The number of carbonyl (C=O) groups is 1. The number of aryl methyl sites for hydroxylation is 1. The van der Waals surface area contributed by atoms with Gasteiger partial charge >= 0.3 is 0 Å². The van der Waals surface area contributed by atoms with E-state index < -0.39 is 0 Å². The molecule has 0 saturated heterocycles. The second kappa shape index (κ2) is 4.96. The van der Waals surface area contributed by atoms with Crippen molar-refractivity contribution in [2.45, 2.75) is 72.1 Å². The monoisotopic (exact) mass is 312 g/mol. The molecule has 1 aromatic rings. The Morgan fingerprint density at radius 1 is 1.13 bits per heavy atom. The summed E-state index contributed by atoms with van der Waals surface area (Å²) in [6.07, 6.45) is 3.14. The lowest BCUT2D eigenvalue weighted by Crippen LogP contribution is -2.43. The lowest BCUT2D eigenvalue weighted by molar-refractivity contribution is 0.0940. The number of ketones is 1. The van der Waals surface area contributed by atoms with E-state index in [1.165, 1.54) is 11.1 Å². The summed E-state index contributed by atoms with van der Waals surface area (Å²) in [5.74, 6) is 0.184. The van der Waals surface area contributed by atoms with Gasteiger partial charge in [0, 0.05) is 11.0 Å². The van der Waals surface area contributed by atoms with E-state index in [-0.39, 0.29) is 22.4 Å². The summed E-state index contributed by atoms with van der Waals surface area (Å²) in [5, 5.41) is 10.7. The van der Waals surface area contributed by atoms with Gasteiger partial charge in [0.25, 0.3) is 0 Å². The second-order valence-electron chi connectivity index (χ2n) is 8.53. The average molecular weight is 312 g/mol. The summed E-state index contributed by atoms with van der Waals surface area (Å²) in [5.41, 5.74) is 4.87. The van der Waals surface area contributed by atoms with Crippen LogP contribution in [0, 0.1) is 12.3 Å². The van der Waals surface area contributed by atoms with E-state index in [0.717, 1.165) is 30.4 Å². The molecule has 2 nitrogen and oxygen atoms in total. The number of rotatable bonds is 1. The van der Waals surface area contributed by atoms with Crippen LogP contribution in [0.5, 0.6) is 0 Å². The minimum atomic E-state index is -0.227. The molecule has 0 bridgehead atoms. The molecule has 0 amide bonds. The van der Waals surface area contributed by atoms with Crippen LogP contribution in [-0.4, -0.2) is 10.9 Å². The van der Waals surface area contributed by atoms with Gasteiger partial charge in [0.2, 0.25) is 5.78 Å². The van der Waals surface area contributed by atoms with Crippen molar-refractivity contribution in [1.29, 1.82) is 0 Å². The highest BCUT2D eigenvalue weighted by molar-refractivity contribution is 6.11. The van der Waals surface area contributed by atoms with Crippen molar-refractivity contribution < 1.29 is 9.90 Å². The van der Waals surface area contributed by atoms with Gasteiger partial charge in [-0.1, -0.05) is 47.1 Å². The molecule has 1 aromatic carbocycles. The molecule has 2 aliphatic rings. The topological polar surface area (TPSA) is 37.3 Å². The number of aliphatic hydroxyl groups is 1. The Hall–Kier alpha value is -1.57. The van der Waals surface area contributed by atoms with Crippen molar-refractivity contribution in [3.63, 3.8) is 0 Å². The minimum Gasteiger partial charge on any atom is -0.504 e. The van der Waals surface area contributed by atoms with Crippen molar-refractivity contribution in [2.75, 3.05) is 0 Å². The zero-order valence-corrected chi connectivity index (χ0v) is 15.2. The van der Waals surface area contributed by atoms with E-state index >= 15 is 0 Å². The fourth-order valence-corrected chi connectivity index (χ4v) is 4.96. The molecule has 0 heterocycles. The molecule has 23 heavy (non-hydrogen) atoms. The van der Waals surface area contributed by atoms with E-state index in [4.69, 9.17) is 0 Å². The number of hydrogen-bond donors (Lipinski definition) is 1. The Bertz CT molecular complexity index is 722. The molecular formula is C21H28O2. The van der Waals surface area contributed by atoms with Crippen LogP contribution < -0.4 is 0 Å². The molecule has 0 aromatic heterocycles. The molecule has 124 valence electrons. The van der Waals surface area contributed by atoms with Crippen molar-refractivity contribution in [3.05, 3.63) is 45.7 Å². The summed E-state index contributed by atoms with van der Waals surface area (Å²) in [6, 6.07) is 4.23. The molecule has 1 saturated carbocycles. The van der Waals surface area contributed by atoms with Crippen LogP contribution in [0.2, 0.25) is 0 Å². The Morgan fingerprint density at radius 3 is 2.39 bits per heavy atom. The predicted molar refractivity (Wildman–Crippen MR) is 94.2 cm³/mol. The van der Waals surface area contributed by atoms with Crippen LogP contribution in [0.3, 0.4) is 0 Å². The first kappa shape index (κ1) is 16.3. The lowest BCUT2D eigenvalue weighted by Gasteiger charge is -2.49. The van der Waals surface area contributed by atoms with E-state index in [1.54, 1.807) is 0 Å². The van der Waals surface area contributed by atoms with Crippen LogP contribution in [0.1, 0.15) is 86.8 Å². The van der Waals surface area contributed by atoms with Crippen molar-refractivity contribution in [2.24, 2.45) is 5.41 Å². The number of Topliss-reactive ketones (excluding diaryl/α,β-unsaturated/α-hetero) is 1. The van der Waals surface area contributed by atoms with E-state index in [0.29, 0.717) is 11.5 Å². The molecule has 0 aliphatic heterocycles. The van der Waals surface area contributed by atoms with Gasteiger partial charge in [-0.25, -0.2) is 0 Å². The lowest BCUT2D eigenvalue weighted by atomic mass is 9.54. The number of allylic oxidation sites excluding steroid dienone is 2. The smallest absolute Gasteiger partial charge is 0.227 e. The Kier molecular flexibility index (Phi) is 3.51. The molecule has 0 unspecified atom stereocenters. The molecular weight excluding hydrogens is 284 g/mol. The Balaban J connectivity index is 2.32. The van der Waals surface area contributed by atoms with Gasteiger partial charge in [-0.2, -0.15) is 0 Å². The van der Waals surface area contributed by atoms with E-state index in [1.807, 2.05) is 6.07 Å². The summed E-state index contributed by atoms with van der Waals surface area (Å²) >= 11 is 0. The first-order chi connectivity index (χ1) is 10.6. The van der Waals surface area contributed by atoms with Gasteiger partial charge in [0.05, 0.1) is 0 Å². The summed E-state index contributed by atoms with van der Waals surface area (Å²) in [6.45, 7) is 12.9. The first-order valence-corrected chi connectivity index (χ1v) is 8.73. The van der Waals surface area contributed by atoms with Crippen molar-refractivity contribution >= 4 is 5.78 Å². The third-order valence-corrected chi connectivity index (χ3v) is 6.03. The van der Waals surface area contributed by atoms with Crippen molar-refractivity contribution in [3.8, 4) is 0 Å². The minimum absolute atomic E-state index is 0.00302. The molecule has 1 fully saturated rings. The highest BCUT2D eigenvalue weighted by Crippen LogP contribution is 2.56. The first-order valence-electron chi connectivity index (χ1n) is 8.73. The molecule has 2 aliphatic carbocycles. The average Bonchev–Trinajstić information content (AvgIpc) is 2.43. The summed E-state index contributed by atoms with van der Waals surface area (Å²) < 4.78 is 0. The van der Waals surface area contributed by atoms with Crippen LogP contribution in [0.25, 0.3) is 0 Å².